The molecule has 1 aromatic heterocycles. The minimum atomic E-state index is -0.632. The molecule has 18 heavy (non-hydrogen) atoms. The quantitative estimate of drug-likeness (QED) is 0.913. The van der Waals surface area contributed by atoms with Gasteiger partial charge in [0, 0.05) is 29.3 Å². The van der Waals surface area contributed by atoms with Crippen LogP contribution in [0.3, 0.4) is 0 Å². The molecule has 1 heterocycles. The molecule has 2 rings (SSSR count). The summed E-state index contributed by atoms with van der Waals surface area (Å²) in [5.74, 6) is -0.133. The lowest BCUT2D eigenvalue weighted by atomic mass is 9.90. The predicted molar refractivity (Wildman–Crippen MR) is 75.1 cm³/mol. The van der Waals surface area contributed by atoms with E-state index in [1.54, 1.807) is 12.4 Å². The van der Waals surface area contributed by atoms with Crippen molar-refractivity contribution < 1.29 is 5.11 Å². The third-order valence-electron chi connectivity index (χ3n) is 2.99. The standard InChI is InChI=1S/C14H15BrN2O/c15-13-4-2-1-3-11(13)14(18)12(9-16)10-5-7-17-8-6-10/h1-8,12,14,18H,9,16H2. The van der Waals surface area contributed by atoms with Crippen LogP contribution in [0.4, 0.5) is 0 Å². The molecule has 2 atom stereocenters. The first-order valence-corrected chi connectivity index (χ1v) is 6.56. The average molecular weight is 307 g/mol. The maximum atomic E-state index is 10.5. The van der Waals surface area contributed by atoms with Crippen LogP contribution in [0.25, 0.3) is 0 Å². The van der Waals surface area contributed by atoms with Crippen molar-refractivity contribution in [1.82, 2.24) is 4.98 Å². The van der Waals surface area contributed by atoms with E-state index in [1.807, 2.05) is 36.4 Å². The Hall–Kier alpha value is -1.23. The van der Waals surface area contributed by atoms with Crippen molar-refractivity contribution in [3.8, 4) is 0 Å². The van der Waals surface area contributed by atoms with Crippen molar-refractivity contribution in [2.24, 2.45) is 5.73 Å². The molecule has 0 spiro atoms. The van der Waals surface area contributed by atoms with Gasteiger partial charge in [0.2, 0.25) is 0 Å². The van der Waals surface area contributed by atoms with E-state index in [0.29, 0.717) is 6.54 Å². The second kappa shape index (κ2) is 6.09. The highest BCUT2D eigenvalue weighted by molar-refractivity contribution is 9.10. The largest absolute Gasteiger partial charge is 0.388 e. The van der Waals surface area contributed by atoms with E-state index in [-0.39, 0.29) is 5.92 Å². The molecular weight excluding hydrogens is 292 g/mol. The number of halogens is 1. The minimum absolute atomic E-state index is 0.133. The fraction of sp³-hybridized carbons (Fsp3) is 0.214. The molecule has 0 amide bonds. The predicted octanol–water partition coefficient (Wildman–Crippen LogP) is 2.62. The molecule has 0 bridgehead atoms. The first kappa shape index (κ1) is 13.2. The molecule has 0 fully saturated rings. The maximum Gasteiger partial charge on any atom is 0.0881 e. The molecule has 0 saturated heterocycles. The monoisotopic (exact) mass is 306 g/mol. The second-order valence-corrected chi connectivity index (χ2v) is 4.94. The van der Waals surface area contributed by atoms with Crippen LogP contribution in [0.15, 0.2) is 53.3 Å². The van der Waals surface area contributed by atoms with Crippen LogP contribution < -0.4 is 5.73 Å². The molecule has 0 aliphatic heterocycles. The number of nitrogens with two attached hydrogens (primary N) is 1. The van der Waals surface area contributed by atoms with Gasteiger partial charge in [-0.3, -0.25) is 4.98 Å². The SMILES string of the molecule is NCC(c1ccncc1)C(O)c1ccccc1Br. The van der Waals surface area contributed by atoms with E-state index < -0.39 is 6.10 Å². The molecule has 3 N–H and O–H groups in total. The number of hydrogen-bond acceptors (Lipinski definition) is 3. The second-order valence-electron chi connectivity index (χ2n) is 4.09. The van der Waals surface area contributed by atoms with Crippen molar-refractivity contribution >= 4 is 15.9 Å². The van der Waals surface area contributed by atoms with Gasteiger partial charge in [0.05, 0.1) is 6.10 Å². The number of aliphatic hydroxyl groups is 1. The first-order valence-electron chi connectivity index (χ1n) is 5.76. The van der Waals surface area contributed by atoms with Crippen LogP contribution in [0.5, 0.6) is 0 Å². The van der Waals surface area contributed by atoms with Crippen molar-refractivity contribution in [2.45, 2.75) is 12.0 Å². The van der Waals surface area contributed by atoms with Crippen LogP contribution in [0.1, 0.15) is 23.1 Å². The fourth-order valence-corrected chi connectivity index (χ4v) is 2.51. The molecule has 2 unspecified atom stereocenters. The molecular formula is C14H15BrN2O. The smallest absolute Gasteiger partial charge is 0.0881 e. The van der Waals surface area contributed by atoms with E-state index in [9.17, 15) is 5.11 Å². The summed E-state index contributed by atoms with van der Waals surface area (Å²) in [6, 6.07) is 11.4. The molecule has 2 aromatic rings. The van der Waals surface area contributed by atoms with Crippen LogP contribution in [0.2, 0.25) is 0 Å². The summed E-state index contributed by atoms with van der Waals surface area (Å²) in [5.41, 5.74) is 7.65. The Kier molecular flexibility index (Phi) is 4.47. The first-order chi connectivity index (χ1) is 8.74. The Morgan fingerprint density at radius 1 is 1.17 bits per heavy atom. The van der Waals surface area contributed by atoms with Gasteiger partial charge in [-0.05, 0) is 29.3 Å². The van der Waals surface area contributed by atoms with Crippen LogP contribution in [-0.4, -0.2) is 16.6 Å². The zero-order valence-corrected chi connectivity index (χ0v) is 11.4. The molecule has 4 heteroatoms. The summed E-state index contributed by atoms with van der Waals surface area (Å²) < 4.78 is 0.894. The molecule has 1 aromatic carbocycles. The molecule has 3 nitrogen and oxygen atoms in total. The fourth-order valence-electron chi connectivity index (χ4n) is 1.99. The average Bonchev–Trinajstić information content (AvgIpc) is 2.41. The van der Waals surface area contributed by atoms with E-state index in [0.717, 1.165) is 15.6 Å². The van der Waals surface area contributed by atoms with Gasteiger partial charge in [-0.25, -0.2) is 0 Å². The van der Waals surface area contributed by atoms with Crippen molar-refractivity contribution in [3.05, 3.63) is 64.4 Å². The van der Waals surface area contributed by atoms with Crippen LogP contribution in [0, 0.1) is 0 Å². The molecule has 94 valence electrons. The number of pyridine rings is 1. The van der Waals surface area contributed by atoms with E-state index >= 15 is 0 Å². The van der Waals surface area contributed by atoms with Crippen LogP contribution >= 0.6 is 15.9 Å². The zero-order chi connectivity index (χ0) is 13.0. The lowest BCUT2D eigenvalue weighted by molar-refractivity contribution is 0.146. The molecule has 0 aliphatic carbocycles. The van der Waals surface area contributed by atoms with Gasteiger partial charge in [0.25, 0.3) is 0 Å². The summed E-state index contributed by atoms with van der Waals surface area (Å²) in [6.07, 6.45) is 2.79. The van der Waals surface area contributed by atoms with Gasteiger partial charge in [-0.15, -0.1) is 0 Å². The number of hydrogen-bond donors (Lipinski definition) is 2. The van der Waals surface area contributed by atoms with E-state index in [1.165, 1.54) is 0 Å². The lowest BCUT2D eigenvalue weighted by Gasteiger charge is -2.23. The Bertz CT molecular complexity index is 504. The van der Waals surface area contributed by atoms with Crippen molar-refractivity contribution in [3.63, 3.8) is 0 Å². The third kappa shape index (κ3) is 2.77. The highest BCUT2D eigenvalue weighted by Gasteiger charge is 2.22. The van der Waals surface area contributed by atoms with Gasteiger partial charge < -0.3 is 10.8 Å². The van der Waals surface area contributed by atoms with Crippen LogP contribution in [-0.2, 0) is 0 Å². The number of nitrogens with zero attached hydrogens (tertiary/aromatic N) is 1. The molecule has 0 saturated carbocycles. The highest BCUT2D eigenvalue weighted by Crippen LogP contribution is 2.33. The topological polar surface area (TPSA) is 59.1 Å². The van der Waals surface area contributed by atoms with Gasteiger partial charge in [-0.1, -0.05) is 34.1 Å². The lowest BCUT2D eigenvalue weighted by Crippen LogP contribution is -2.20. The number of aliphatic hydroxyl groups excluding tert-OH is 1. The Morgan fingerprint density at radius 2 is 1.83 bits per heavy atom. The minimum Gasteiger partial charge on any atom is -0.388 e. The van der Waals surface area contributed by atoms with Gasteiger partial charge in [0.15, 0.2) is 0 Å². The van der Waals surface area contributed by atoms with E-state index in [4.69, 9.17) is 5.73 Å². The van der Waals surface area contributed by atoms with Gasteiger partial charge >= 0.3 is 0 Å². The molecule has 0 aliphatic rings. The Balaban J connectivity index is 2.32. The summed E-state index contributed by atoms with van der Waals surface area (Å²) in [4.78, 5) is 3.98. The summed E-state index contributed by atoms with van der Waals surface area (Å²) in [6.45, 7) is 0.381. The summed E-state index contributed by atoms with van der Waals surface area (Å²) >= 11 is 3.45. The zero-order valence-electron chi connectivity index (χ0n) is 9.83. The number of benzene rings is 1. The normalized spacial score (nSPS) is 14.2. The third-order valence-corrected chi connectivity index (χ3v) is 3.72. The van der Waals surface area contributed by atoms with Gasteiger partial charge in [-0.2, -0.15) is 0 Å². The number of rotatable bonds is 4. The Labute approximate surface area is 115 Å². The summed E-state index contributed by atoms with van der Waals surface area (Å²) in [7, 11) is 0. The highest BCUT2D eigenvalue weighted by atomic mass is 79.9. The summed E-state index contributed by atoms with van der Waals surface area (Å²) in [5, 5.41) is 10.5. The maximum absolute atomic E-state index is 10.5. The van der Waals surface area contributed by atoms with Crippen molar-refractivity contribution in [1.29, 1.82) is 0 Å². The van der Waals surface area contributed by atoms with E-state index in [2.05, 4.69) is 20.9 Å². The molecule has 0 radical (unpaired) electrons. The number of aromatic nitrogens is 1. The van der Waals surface area contributed by atoms with Crippen molar-refractivity contribution in [2.75, 3.05) is 6.54 Å². The van der Waals surface area contributed by atoms with Gasteiger partial charge in [0.1, 0.15) is 0 Å². The Morgan fingerprint density at radius 3 is 2.44 bits per heavy atom.